The Morgan fingerprint density at radius 3 is 1.70 bits per heavy atom. The summed E-state index contributed by atoms with van der Waals surface area (Å²) in [6.45, 7) is 4.16. The summed E-state index contributed by atoms with van der Waals surface area (Å²) in [5, 5.41) is 0. The minimum absolute atomic E-state index is 1.03. The van der Waals surface area contributed by atoms with E-state index in [1.807, 2.05) is 48.5 Å². The van der Waals surface area contributed by atoms with E-state index in [9.17, 15) is 0 Å². The van der Waals surface area contributed by atoms with Gasteiger partial charge in [0, 0.05) is 0 Å². The first kappa shape index (κ1) is 15.1. The van der Waals surface area contributed by atoms with E-state index in [0.29, 0.717) is 0 Å². The molecule has 0 bridgehead atoms. The van der Waals surface area contributed by atoms with Gasteiger partial charge in [-0.25, -0.2) is 0 Å². The van der Waals surface area contributed by atoms with E-state index in [1.54, 1.807) is 0 Å². The predicted molar refractivity (Wildman–Crippen MR) is 102 cm³/mol. The van der Waals surface area contributed by atoms with Crippen molar-refractivity contribution in [3.05, 3.63) is 114 Å². The van der Waals surface area contributed by atoms with Crippen LogP contribution >= 0.6 is 0 Å². The number of hydrogen-bond donors (Lipinski definition) is 0. The molecule has 0 nitrogen and oxygen atoms in total. The maximum atomic E-state index is 4.16. The predicted octanol–water partition coefficient (Wildman–Crippen LogP) is 6.21. The standard InChI is InChI=1S/C23H19/c1-19-9-8-14-22(17-15-20-10-4-2-5-11-20)23(19)18-16-21-12-6-3-7-13-21/h2-18H,1H2/b17-15+,18-16+. The quantitative estimate of drug-likeness (QED) is 0.502. The van der Waals surface area contributed by atoms with Gasteiger partial charge in [-0.2, -0.15) is 0 Å². The summed E-state index contributed by atoms with van der Waals surface area (Å²) in [5.74, 6) is 0. The van der Waals surface area contributed by atoms with E-state index in [1.165, 1.54) is 16.7 Å². The zero-order chi connectivity index (χ0) is 15.9. The third-order valence-electron chi connectivity index (χ3n) is 3.73. The molecule has 0 heterocycles. The Bertz CT molecular complexity index is 809. The Kier molecular flexibility index (Phi) is 4.85. The second-order valence-electron chi connectivity index (χ2n) is 5.41. The molecule has 3 rings (SSSR count). The van der Waals surface area contributed by atoms with Gasteiger partial charge in [0.05, 0.1) is 0 Å². The second-order valence-corrected chi connectivity index (χ2v) is 5.41. The molecule has 0 aliphatic heterocycles. The summed E-state index contributed by atoms with van der Waals surface area (Å²) in [6.07, 6.45) is 8.55. The lowest BCUT2D eigenvalue weighted by Crippen LogP contribution is -1.85. The molecule has 3 aromatic rings. The summed E-state index contributed by atoms with van der Waals surface area (Å²) in [7, 11) is 0. The van der Waals surface area contributed by atoms with Crippen LogP contribution < -0.4 is 0 Å². The molecule has 0 aliphatic carbocycles. The van der Waals surface area contributed by atoms with Gasteiger partial charge in [0.1, 0.15) is 0 Å². The Morgan fingerprint density at radius 1 is 0.522 bits per heavy atom. The van der Waals surface area contributed by atoms with Crippen molar-refractivity contribution in [3.8, 4) is 0 Å². The van der Waals surface area contributed by atoms with Crippen molar-refractivity contribution in [3.63, 3.8) is 0 Å². The molecule has 0 heteroatoms. The molecule has 0 saturated carbocycles. The van der Waals surface area contributed by atoms with Crippen LogP contribution in [0.4, 0.5) is 0 Å². The van der Waals surface area contributed by atoms with E-state index >= 15 is 0 Å². The summed E-state index contributed by atoms with van der Waals surface area (Å²) in [6, 6.07) is 26.9. The Morgan fingerprint density at radius 2 is 1.09 bits per heavy atom. The van der Waals surface area contributed by atoms with Crippen molar-refractivity contribution < 1.29 is 0 Å². The van der Waals surface area contributed by atoms with Gasteiger partial charge in [-0.15, -0.1) is 0 Å². The lowest BCUT2D eigenvalue weighted by atomic mass is 9.99. The van der Waals surface area contributed by atoms with E-state index in [2.05, 4.69) is 61.6 Å². The van der Waals surface area contributed by atoms with E-state index in [-0.39, 0.29) is 0 Å². The topological polar surface area (TPSA) is 0 Å². The van der Waals surface area contributed by atoms with Crippen LogP contribution in [0.15, 0.2) is 78.9 Å². The average molecular weight is 295 g/mol. The highest BCUT2D eigenvalue weighted by Gasteiger charge is 2.00. The second kappa shape index (κ2) is 7.42. The molecular weight excluding hydrogens is 276 g/mol. The molecule has 0 N–H and O–H groups in total. The maximum Gasteiger partial charge on any atom is -0.0152 e. The van der Waals surface area contributed by atoms with E-state index in [4.69, 9.17) is 0 Å². The van der Waals surface area contributed by atoms with Crippen LogP contribution in [0.3, 0.4) is 0 Å². The Hall–Kier alpha value is -2.86. The first-order valence-corrected chi connectivity index (χ1v) is 7.74. The van der Waals surface area contributed by atoms with Crippen molar-refractivity contribution in [2.45, 2.75) is 0 Å². The molecule has 0 fully saturated rings. The van der Waals surface area contributed by atoms with Crippen LogP contribution in [-0.4, -0.2) is 0 Å². The van der Waals surface area contributed by atoms with Crippen LogP contribution in [0.5, 0.6) is 0 Å². The molecule has 111 valence electrons. The van der Waals surface area contributed by atoms with Crippen LogP contribution in [0, 0.1) is 6.92 Å². The summed E-state index contributed by atoms with van der Waals surface area (Å²) in [4.78, 5) is 0. The molecule has 3 aromatic carbocycles. The van der Waals surface area contributed by atoms with Crippen molar-refractivity contribution in [1.82, 2.24) is 0 Å². The molecule has 0 amide bonds. The lowest BCUT2D eigenvalue weighted by Gasteiger charge is -2.05. The molecule has 1 radical (unpaired) electrons. The van der Waals surface area contributed by atoms with Crippen molar-refractivity contribution in [2.24, 2.45) is 0 Å². The minimum atomic E-state index is 1.03. The fraction of sp³-hybridized carbons (Fsp3) is 0. The smallest absolute Gasteiger partial charge is 0.0152 e. The fourth-order valence-corrected chi connectivity index (χ4v) is 2.48. The molecule has 0 aliphatic rings. The van der Waals surface area contributed by atoms with E-state index < -0.39 is 0 Å². The van der Waals surface area contributed by atoms with Crippen LogP contribution in [-0.2, 0) is 0 Å². The largest absolute Gasteiger partial charge is 0.0622 e. The first-order chi connectivity index (χ1) is 11.3. The SMILES string of the molecule is [CH2]c1cccc(/C=C/c2ccccc2)c1/C=C/c1ccccc1. The van der Waals surface area contributed by atoms with Crippen LogP contribution in [0.1, 0.15) is 27.8 Å². The maximum absolute atomic E-state index is 4.16. The summed E-state index contributed by atoms with van der Waals surface area (Å²) < 4.78 is 0. The van der Waals surface area contributed by atoms with Crippen molar-refractivity contribution in [1.29, 1.82) is 0 Å². The number of hydrogen-bond acceptors (Lipinski definition) is 0. The zero-order valence-corrected chi connectivity index (χ0v) is 13.0. The molecule has 0 unspecified atom stereocenters. The summed E-state index contributed by atoms with van der Waals surface area (Å²) in [5.41, 5.74) is 5.75. The highest BCUT2D eigenvalue weighted by molar-refractivity contribution is 5.81. The summed E-state index contributed by atoms with van der Waals surface area (Å²) >= 11 is 0. The molecule has 23 heavy (non-hydrogen) atoms. The van der Waals surface area contributed by atoms with Gasteiger partial charge in [0.2, 0.25) is 0 Å². The Labute approximate surface area is 138 Å². The third kappa shape index (κ3) is 4.08. The van der Waals surface area contributed by atoms with Gasteiger partial charge >= 0.3 is 0 Å². The van der Waals surface area contributed by atoms with Gasteiger partial charge in [-0.05, 0) is 34.7 Å². The van der Waals surface area contributed by atoms with Crippen molar-refractivity contribution >= 4 is 24.3 Å². The van der Waals surface area contributed by atoms with Gasteiger partial charge in [0.15, 0.2) is 0 Å². The van der Waals surface area contributed by atoms with Gasteiger partial charge in [-0.1, -0.05) is 103 Å². The third-order valence-corrected chi connectivity index (χ3v) is 3.73. The minimum Gasteiger partial charge on any atom is -0.0622 e. The Balaban J connectivity index is 1.91. The average Bonchev–Trinajstić information content (AvgIpc) is 2.61. The monoisotopic (exact) mass is 295 g/mol. The molecule has 0 saturated heterocycles. The molecule has 0 aromatic heterocycles. The highest BCUT2D eigenvalue weighted by atomic mass is 14.0. The lowest BCUT2D eigenvalue weighted by molar-refractivity contribution is 1.54. The van der Waals surface area contributed by atoms with Gasteiger partial charge in [0.25, 0.3) is 0 Å². The molecular formula is C23H19. The van der Waals surface area contributed by atoms with Crippen LogP contribution in [0.25, 0.3) is 24.3 Å². The number of rotatable bonds is 4. The zero-order valence-electron chi connectivity index (χ0n) is 13.0. The van der Waals surface area contributed by atoms with E-state index in [0.717, 1.165) is 11.1 Å². The fourth-order valence-electron chi connectivity index (χ4n) is 2.48. The van der Waals surface area contributed by atoms with Crippen LogP contribution in [0.2, 0.25) is 0 Å². The first-order valence-electron chi connectivity index (χ1n) is 7.74. The number of benzene rings is 3. The van der Waals surface area contributed by atoms with Gasteiger partial charge in [-0.3, -0.25) is 0 Å². The van der Waals surface area contributed by atoms with Gasteiger partial charge < -0.3 is 0 Å². The molecule has 0 atom stereocenters. The normalized spacial score (nSPS) is 11.3. The van der Waals surface area contributed by atoms with Crippen molar-refractivity contribution in [2.75, 3.05) is 0 Å². The highest BCUT2D eigenvalue weighted by Crippen LogP contribution is 2.20. The molecule has 0 spiro atoms.